The molecule has 0 saturated heterocycles. The predicted octanol–water partition coefficient (Wildman–Crippen LogP) is 19.2. The van der Waals surface area contributed by atoms with Crippen molar-refractivity contribution in [2.24, 2.45) is 11.8 Å². The van der Waals surface area contributed by atoms with Gasteiger partial charge in [-0.3, -0.25) is 37.3 Å². The predicted molar refractivity (Wildman–Crippen MR) is 349 cm³/mol. The first kappa shape index (κ1) is 85.1. The Morgan fingerprint density at radius 1 is 0.333 bits per heavy atom. The molecule has 0 aromatic carbocycles. The second-order valence-electron chi connectivity index (χ2n) is 25.3. The molecule has 0 spiro atoms. The summed E-state index contributed by atoms with van der Waals surface area (Å²) in [6, 6.07) is 0. The molecule has 0 aromatic rings. The minimum atomic E-state index is -4.95. The molecule has 0 aliphatic rings. The van der Waals surface area contributed by atoms with Crippen molar-refractivity contribution in [2.75, 3.05) is 39.6 Å². The molecular weight excluding hydrogens is 1150 g/mol. The summed E-state index contributed by atoms with van der Waals surface area (Å²) in [5.74, 6) is -0.631. The summed E-state index contributed by atoms with van der Waals surface area (Å²) >= 11 is 0. The van der Waals surface area contributed by atoms with Gasteiger partial charge in [0.05, 0.1) is 26.4 Å². The first-order valence-electron chi connectivity index (χ1n) is 35.5. The van der Waals surface area contributed by atoms with E-state index in [0.717, 1.165) is 102 Å². The number of aliphatic hydroxyl groups excluding tert-OH is 1. The SMILES string of the molecule is CCCCCCCCCCCCCCCC(=O)O[C@H](COC(=O)CCCCCCCCCCC(C)CC)COP(=O)(O)OC[C@@H](O)COP(=O)(O)OC[C@@H](COC(=O)CCCCCCCCCCCCC)OC(=O)CCCCCCCCCCC(C)C. The highest BCUT2D eigenvalue weighted by atomic mass is 31.2. The number of carbonyl (C=O) groups excluding carboxylic acids is 4. The molecule has 0 rings (SSSR count). The van der Waals surface area contributed by atoms with E-state index in [1.165, 1.54) is 161 Å². The van der Waals surface area contributed by atoms with Gasteiger partial charge in [-0.1, -0.05) is 292 Å². The van der Waals surface area contributed by atoms with E-state index in [4.69, 9.17) is 37.0 Å². The van der Waals surface area contributed by atoms with Gasteiger partial charge >= 0.3 is 39.5 Å². The van der Waals surface area contributed by atoms with Crippen LogP contribution in [0.2, 0.25) is 0 Å². The first-order valence-corrected chi connectivity index (χ1v) is 38.5. The van der Waals surface area contributed by atoms with Gasteiger partial charge in [-0.25, -0.2) is 9.13 Å². The normalized spacial score (nSPS) is 14.5. The highest BCUT2D eigenvalue weighted by molar-refractivity contribution is 7.47. The average Bonchev–Trinajstić information content (AvgIpc) is 3.50. The fourth-order valence-electron chi connectivity index (χ4n) is 10.2. The quantitative estimate of drug-likeness (QED) is 0.0222. The van der Waals surface area contributed by atoms with E-state index < -0.39 is 97.5 Å². The largest absolute Gasteiger partial charge is 0.472 e. The zero-order chi connectivity index (χ0) is 64.3. The van der Waals surface area contributed by atoms with Gasteiger partial charge in [-0.05, 0) is 37.5 Å². The van der Waals surface area contributed by atoms with E-state index in [1.807, 2.05) is 0 Å². The van der Waals surface area contributed by atoms with Crippen molar-refractivity contribution in [3.63, 3.8) is 0 Å². The maximum absolute atomic E-state index is 13.0. The fraction of sp³-hybridized carbons (Fsp3) is 0.941. The minimum absolute atomic E-state index is 0.105. The summed E-state index contributed by atoms with van der Waals surface area (Å²) in [6.07, 6.45) is 44.3. The number of unbranched alkanes of at least 4 members (excludes halogenated alkanes) is 36. The van der Waals surface area contributed by atoms with Crippen LogP contribution in [-0.2, 0) is 65.4 Å². The Hall–Kier alpha value is -1.94. The summed E-state index contributed by atoms with van der Waals surface area (Å²) in [7, 11) is -9.90. The number of hydrogen-bond acceptors (Lipinski definition) is 15. The zero-order valence-electron chi connectivity index (χ0n) is 56.3. The average molecular weight is 1280 g/mol. The summed E-state index contributed by atoms with van der Waals surface area (Å²) in [6.45, 7) is 9.49. The molecule has 516 valence electrons. The van der Waals surface area contributed by atoms with Crippen LogP contribution in [0, 0.1) is 11.8 Å². The maximum Gasteiger partial charge on any atom is 0.472 e. The molecule has 0 aliphatic heterocycles. The lowest BCUT2D eigenvalue weighted by Gasteiger charge is -2.21. The van der Waals surface area contributed by atoms with E-state index in [-0.39, 0.29) is 25.7 Å². The number of aliphatic hydroxyl groups is 1. The van der Waals surface area contributed by atoms with Crippen molar-refractivity contribution in [1.29, 1.82) is 0 Å². The zero-order valence-corrected chi connectivity index (χ0v) is 58.1. The summed E-state index contributed by atoms with van der Waals surface area (Å²) in [5.41, 5.74) is 0. The monoisotopic (exact) mass is 1280 g/mol. The van der Waals surface area contributed by atoms with Gasteiger partial charge in [0.15, 0.2) is 12.2 Å². The number of ether oxygens (including phenoxy) is 4. The van der Waals surface area contributed by atoms with Gasteiger partial charge < -0.3 is 33.8 Å². The third-order valence-corrected chi connectivity index (χ3v) is 18.0. The van der Waals surface area contributed by atoms with Crippen LogP contribution in [0.4, 0.5) is 0 Å². The molecule has 87 heavy (non-hydrogen) atoms. The molecule has 0 aromatic heterocycles. The second-order valence-corrected chi connectivity index (χ2v) is 28.2. The molecule has 0 heterocycles. The Kier molecular flexibility index (Phi) is 59.0. The number of phosphoric acid groups is 2. The Bertz CT molecular complexity index is 1700. The van der Waals surface area contributed by atoms with Crippen molar-refractivity contribution >= 4 is 39.5 Å². The van der Waals surface area contributed by atoms with Crippen LogP contribution in [0.5, 0.6) is 0 Å². The third kappa shape index (κ3) is 61.3. The van der Waals surface area contributed by atoms with E-state index >= 15 is 0 Å². The smallest absolute Gasteiger partial charge is 0.462 e. The number of hydrogen-bond donors (Lipinski definition) is 3. The topological polar surface area (TPSA) is 237 Å². The maximum atomic E-state index is 13.0. The van der Waals surface area contributed by atoms with Crippen LogP contribution in [-0.4, -0.2) is 96.7 Å². The highest BCUT2D eigenvalue weighted by Crippen LogP contribution is 2.45. The van der Waals surface area contributed by atoms with Gasteiger partial charge in [0.2, 0.25) is 0 Å². The van der Waals surface area contributed by atoms with Gasteiger partial charge in [0, 0.05) is 25.7 Å². The Balaban J connectivity index is 5.26. The van der Waals surface area contributed by atoms with Gasteiger partial charge in [-0.2, -0.15) is 0 Å². The molecule has 0 bridgehead atoms. The van der Waals surface area contributed by atoms with Crippen LogP contribution in [0.15, 0.2) is 0 Å². The molecule has 0 radical (unpaired) electrons. The van der Waals surface area contributed by atoms with Crippen molar-refractivity contribution in [3.8, 4) is 0 Å². The van der Waals surface area contributed by atoms with Crippen molar-refractivity contribution in [3.05, 3.63) is 0 Å². The molecule has 0 fully saturated rings. The number of carbonyl (C=O) groups is 4. The number of phosphoric ester groups is 2. The van der Waals surface area contributed by atoms with E-state index in [1.54, 1.807) is 0 Å². The Labute approximate surface area is 530 Å². The highest BCUT2D eigenvalue weighted by Gasteiger charge is 2.30. The van der Waals surface area contributed by atoms with Crippen LogP contribution in [0.3, 0.4) is 0 Å². The Morgan fingerprint density at radius 2 is 0.586 bits per heavy atom. The molecule has 0 amide bonds. The minimum Gasteiger partial charge on any atom is -0.462 e. The van der Waals surface area contributed by atoms with Gasteiger partial charge in [0.1, 0.15) is 19.3 Å². The Morgan fingerprint density at radius 3 is 0.874 bits per heavy atom. The lowest BCUT2D eigenvalue weighted by atomic mass is 9.99. The molecule has 6 atom stereocenters. The second kappa shape index (κ2) is 60.3. The summed E-state index contributed by atoms with van der Waals surface area (Å²) in [5, 5.41) is 10.6. The third-order valence-electron chi connectivity index (χ3n) is 16.1. The van der Waals surface area contributed by atoms with Crippen LogP contribution >= 0.6 is 15.6 Å². The first-order chi connectivity index (χ1) is 41.9. The molecule has 3 unspecified atom stereocenters. The summed E-state index contributed by atoms with van der Waals surface area (Å²) in [4.78, 5) is 72.4. The standard InChI is InChI=1S/C68H132O17P2/c1-7-10-12-14-16-18-20-21-23-25-34-40-46-52-67(72)84-63(57-79-66(71)51-45-39-33-29-27-31-37-43-49-61(6)9-3)58-82-86(74,75)80-54-62(69)55-81-87(76,77)83-59-64(85-68(73)53-47-41-35-28-26-30-36-42-48-60(4)5)56-78-65(70)50-44-38-32-24-22-19-17-15-13-11-8-2/h60-64,69H,7-59H2,1-6H3,(H,74,75)(H,76,77)/t61?,62-,63-,64-/m1/s1. The number of esters is 4. The van der Waals surface area contributed by atoms with Crippen molar-refractivity contribution in [1.82, 2.24) is 0 Å². The molecule has 0 aliphatic carbocycles. The van der Waals surface area contributed by atoms with Crippen LogP contribution in [0.1, 0.15) is 343 Å². The van der Waals surface area contributed by atoms with E-state index in [9.17, 15) is 43.2 Å². The van der Waals surface area contributed by atoms with E-state index in [0.29, 0.717) is 25.7 Å². The van der Waals surface area contributed by atoms with Crippen molar-refractivity contribution in [2.45, 2.75) is 362 Å². The molecular formula is C68H132O17P2. The summed E-state index contributed by atoms with van der Waals surface area (Å²) < 4.78 is 68.2. The van der Waals surface area contributed by atoms with Crippen LogP contribution in [0.25, 0.3) is 0 Å². The van der Waals surface area contributed by atoms with Crippen LogP contribution < -0.4 is 0 Å². The van der Waals surface area contributed by atoms with Gasteiger partial charge in [-0.15, -0.1) is 0 Å². The molecule has 17 nitrogen and oxygen atoms in total. The van der Waals surface area contributed by atoms with Crippen molar-refractivity contribution < 1.29 is 80.2 Å². The fourth-order valence-corrected chi connectivity index (χ4v) is 11.8. The van der Waals surface area contributed by atoms with Gasteiger partial charge in [0.25, 0.3) is 0 Å². The molecule has 3 N–H and O–H groups in total. The molecule has 0 saturated carbocycles. The lowest BCUT2D eigenvalue weighted by molar-refractivity contribution is -0.161. The number of rotatable bonds is 67. The van der Waals surface area contributed by atoms with E-state index in [2.05, 4.69) is 41.5 Å². The molecule has 19 heteroatoms. The lowest BCUT2D eigenvalue weighted by Crippen LogP contribution is -2.30.